The number of para-hydroxylation sites is 1. The average Bonchev–Trinajstić information content (AvgIpc) is 3.89. The predicted octanol–water partition coefficient (Wildman–Crippen LogP) is 4.21. The van der Waals surface area contributed by atoms with Gasteiger partial charge in [0.15, 0.2) is 6.10 Å². The van der Waals surface area contributed by atoms with Crippen molar-refractivity contribution in [3.63, 3.8) is 0 Å². The van der Waals surface area contributed by atoms with E-state index >= 15 is 4.79 Å². The Morgan fingerprint density at radius 1 is 0.915 bits per heavy atom. The maximum Gasteiger partial charge on any atom is 0.344 e. The molecule has 59 heavy (non-hydrogen) atoms. The molecule has 3 aromatic rings. The summed E-state index contributed by atoms with van der Waals surface area (Å²) < 4.78 is 24.0. The number of carbonyl (C=O) groups is 3. The summed E-state index contributed by atoms with van der Waals surface area (Å²) in [6, 6.07) is 11.1. The normalized spacial score (nSPS) is 37.2. The Morgan fingerprint density at radius 2 is 1.68 bits per heavy atom. The van der Waals surface area contributed by atoms with E-state index in [-0.39, 0.29) is 12.0 Å². The van der Waals surface area contributed by atoms with Gasteiger partial charge >= 0.3 is 17.9 Å². The number of hydrogen-bond donors (Lipinski definition) is 3. The zero-order valence-corrected chi connectivity index (χ0v) is 35.6. The summed E-state index contributed by atoms with van der Waals surface area (Å²) in [7, 11) is 6.21. The fraction of sp³-hybridized carbons (Fsp3) is 0.630. The van der Waals surface area contributed by atoms with Crippen LogP contribution in [-0.2, 0) is 45.8 Å². The number of aromatic nitrogens is 1. The van der Waals surface area contributed by atoms with E-state index < -0.39 is 57.5 Å². The molecule has 6 heterocycles. The van der Waals surface area contributed by atoms with Gasteiger partial charge in [-0.25, -0.2) is 4.79 Å². The summed E-state index contributed by atoms with van der Waals surface area (Å²) in [5, 5.41) is 26.4. The Hall–Kier alpha value is -4.17. The van der Waals surface area contributed by atoms with Crippen LogP contribution in [-0.4, -0.2) is 133 Å². The van der Waals surface area contributed by atoms with Crippen LogP contribution in [0.15, 0.2) is 36.4 Å². The molecule has 13 heteroatoms. The van der Waals surface area contributed by atoms with Gasteiger partial charge in [-0.15, -0.1) is 0 Å². The van der Waals surface area contributed by atoms with E-state index in [4.69, 9.17) is 18.9 Å². The van der Waals surface area contributed by atoms with Gasteiger partial charge in [0.25, 0.3) is 0 Å². The van der Waals surface area contributed by atoms with Gasteiger partial charge in [0.1, 0.15) is 11.2 Å². The van der Waals surface area contributed by atoms with Crippen LogP contribution in [0.3, 0.4) is 0 Å². The molecular formula is C46H60N4O9. The Labute approximate surface area is 346 Å². The predicted molar refractivity (Wildman–Crippen MR) is 221 cm³/mol. The molecule has 318 valence electrons. The van der Waals surface area contributed by atoms with Crippen LogP contribution in [0.1, 0.15) is 88.1 Å². The Bertz CT molecular complexity index is 2210. The quantitative estimate of drug-likeness (QED) is 0.232. The lowest BCUT2D eigenvalue weighted by atomic mass is 9.46. The lowest BCUT2D eigenvalue weighted by Crippen LogP contribution is -2.82. The molecule has 1 spiro atoms. The Kier molecular flexibility index (Phi) is 9.51. The molecule has 2 aromatic carbocycles. The average molecular weight is 813 g/mol. The number of rotatable bonds is 7. The number of piperidine rings is 2. The fourth-order valence-corrected chi connectivity index (χ4v) is 14.0. The summed E-state index contributed by atoms with van der Waals surface area (Å²) in [5.41, 5.74) is -1.21. The van der Waals surface area contributed by atoms with Crippen LogP contribution in [0.2, 0.25) is 0 Å². The Balaban J connectivity index is 1.36. The standard InChI is InChI=1S/C46H60N4O9/c1-8-42(54)23-28-24-45(40(52)57-6,36-30(15-19-49(25-28)26-42)29-13-10-11-14-33(29)47-36)32-21-31-34(22-35(32)56-5)48(4)38-44(31)16-12-18-50-20-17-43(9-2,37(44)50)39(59-27(3)51)46(38,55)41(53)58-7/h10-11,13-14,21-22,28,37-39,47,54-55H,8-9,12,15-20,23-26H2,1-7H3/t28-,37-,38+,39-,42-,43+,44+,45-,46-/m0/s1. The van der Waals surface area contributed by atoms with Crippen molar-refractivity contribution in [1.29, 1.82) is 0 Å². The zero-order chi connectivity index (χ0) is 41.9. The number of nitrogens with zero attached hydrogens (tertiary/aromatic N) is 3. The highest BCUT2D eigenvalue weighted by Crippen LogP contribution is 2.69. The second-order valence-electron chi connectivity index (χ2n) is 18.6. The van der Waals surface area contributed by atoms with E-state index in [0.717, 1.165) is 46.4 Å². The van der Waals surface area contributed by atoms with Crippen LogP contribution in [0, 0.1) is 11.3 Å². The summed E-state index contributed by atoms with van der Waals surface area (Å²) in [5.74, 6) is -1.46. The number of aliphatic hydroxyl groups is 2. The summed E-state index contributed by atoms with van der Waals surface area (Å²) in [6.45, 7) is 8.95. The number of benzene rings is 2. The molecule has 13 nitrogen and oxygen atoms in total. The summed E-state index contributed by atoms with van der Waals surface area (Å²) >= 11 is 0. The number of H-pyrrole nitrogens is 1. The van der Waals surface area contributed by atoms with Crippen LogP contribution in [0.5, 0.6) is 5.75 Å². The van der Waals surface area contributed by atoms with E-state index in [1.165, 1.54) is 21.1 Å². The van der Waals surface area contributed by atoms with Crippen LogP contribution < -0.4 is 9.64 Å². The van der Waals surface area contributed by atoms with Crippen molar-refractivity contribution < 1.29 is 43.5 Å². The van der Waals surface area contributed by atoms with Gasteiger partial charge in [0, 0.05) is 84.4 Å². The van der Waals surface area contributed by atoms with Crippen LogP contribution in [0.4, 0.5) is 5.69 Å². The van der Waals surface area contributed by atoms with Gasteiger partial charge in [-0.3, -0.25) is 19.4 Å². The number of hydrogen-bond acceptors (Lipinski definition) is 12. The second kappa shape index (κ2) is 13.9. The molecule has 10 atom stereocenters. The number of likely N-dealkylation sites (N-methyl/N-ethyl adjacent to an activating group) is 1. The molecule has 6 aliphatic rings. The van der Waals surface area contributed by atoms with Crippen LogP contribution >= 0.6 is 0 Å². The van der Waals surface area contributed by atoms with Crippen molar-refractivity contribution >= 4 is 34.5 Å². The van der Waals surface area contributed by atoms with Crippen molar-refractivity contribution in [3.05, 3.63) is 58.8 Å². The highest BCUT2D eigenvalue weighted by Gasteiger charge is 2.80. The molecule has 1 aromatic heterocycles. The van der Waals surface area contributed by atoms with Gasteiger partial charge in [-0.2, -0.15) is 0 Å². The van der Waals surface area contributed by atoms with Crippen molar-refractivity contribution in [2.24, 2.45) is 11.3 Å². The van der Waals surface area contributed by atoms with E-state index in [9.17, 15) is 19.8 Å². The summed E-state index contributed by atoms with van der Waals surface area (Å²) in [6.07, 6.45) is 3.53. The number of methoxy groups -OCH3 is 3. The van der Waals surface area contributed by atoms with Crippen molar-refractivity contribution in [2.75, 3.05) is 66.0 Å². The molecule has 0 radical (unpaired) electrons. The first-order valence-electron chi connectivity index (χ1n) is 21.5. The third kappa shape index (κ3) is 5.26. The number of aromatic amines is 1. The van der Waals surface area contributed by atoms with Gasteiger partial charge in [-0.05, 0) is 93.6 Å². The maximum absolute atomic E-state index is 15.3. The van der Waals surface area contributed by atoms with Crippen molar-refractivity contribution in [1.82, 2.24) is 14.8 Å². The third-order valence-electron chi connectivity index (χ3n) is 16.0. The lowest BCUT2D eigenvalue weighted by Gasteiger charge is -2.64. The van der Waals surface area contributed by atoms with E-state index in [2.05, 4.69) is 33.8 Å². The zero-order valence-electron chi connectivity index (χ0n) is 35.6. The smallest absolute Gasteiger partial charge is 0.344 e. The number of carbonyl (C=O) groups excluding carboxylic acids is 3. The van der Waals surface area contributed by atoms with Gasteiger partial charge in [0.05, 0.1) is 33.0 Å². The molecule has 3 saturated heterocycles. The van der Waals surface area contributed by atoms with Gasteiger partial charge in [-0.1, -0.05) is 32.0 Å². The fourth-order valence-electron chi connectivity index (χ4n) is 14.0. The topological polar surface area (TPSA) is 154 Å². The molecule has 3 N–H and O–H groups in total. The van der Waals surface area contributed by atoms with Crippen molar-refractivity contribution in [3.8, 4) is 5.75 Å². The number of fused-ring (bicyclic) bond motifs is 6. The molecule has 5 aliphatic heterocycles. The van der Waals surface area contributed by atoms with Crippen molar-refractivity contribution in [2.45, 2.75) is 112 Å². The number of esters is 3. The highest BCUT2D eigenvalue weighted by atomic mass is 16.6. The number of nitrogens with one attached hydrogen (secondary N) is 1. The first-order chi connectivity index (χ1) is 28.2. The molecular weight excluding hydrogens is 753 g/mol. The molecule has 9 rings (SSSR count). The molecule has 4 fully saturated rings. The minimum Gasteiger partial charge on any atom is -0.496 e. The Morgan fingerprint density at radius 3 is 2.37 bits per heavy atom. The molecule has 1 unspecified atom stereocenters. The molecule has 2 bridgehead atoms. The first kappa shape index (κ1) is 40.2. The second-order valence-corrected chi connectivity index (χ2v) is 18.6. The van der Waals surface area contributed by atoms with Gasteiger partial charge in [0.2, 0.25) is 5.60 Å². The monoisotopic (exact) mass is 812 g/mol. The maximum atomic E-state index is 15.3. The minimum absolute atomic E-state index is 0.0898. The highest BCUT2D eigenvalue weighted by molar-refractivity contribution is 5.95. The SMILES string of the molecule is CC[C@]1(O)C[C@@H]2CN(CCc3c([nH]c4ccccc34)[C@@](C(=O)OC)(c3cc4c(cc3OC)N(C)[C@H]3[C@@](O)(C(=O)OC)[C@@H](OC(C)=O)[C@]5(CC)CCN6CCC[C@]43[C@@H]65)C2)C1. The first-order valence-corrected chi connectivity index (χ1v) is 21.5. The minimum atomic E-state index is -2.25. The lowest BCUT2D eigenvalue weighted by molar-refractivity contribution is -0.237. The molecule has 1 aliphatic carbocycles. The van der Waals surface area contributed by atoms with Gasteiger partial charge < -0.3 is 39.0 Å². The number of anilines is 1. The van der Waals surface area contributed by atoms with E-state index in [1.807, 2.05) is 43.1 Å². The molecule has 1 saturated carbocycles. The third-order valence-corrected chi connectivity index (χ3v) is 16.0. The largest absolute Gasteiger partial charge is 0.496 e. The summed E-state index contributed by atoms with van der Waals surface area (Å²) in [4.78, 5) is 53.3. The van der Waals surface area contributed by atoms with E-state index in [0.29, 0.717) is 82.4 Å². The van der Waals surface area contributed by atoms with Crippen LogP contribution in [0.25, 0.3) is 10.9 Å². The number of ether oxygens (including phenoxy) is 4. The molecule has 0 amide bonds. The van der Waals surface area contributed by atoms with E-state index in [1.54, 1.807) is 7.11 Å².